The second kappa shape index (κ2) is 40.0. The molecule has 0 saturated heterocycles. The number of esters is 1. The smallest absolute Gasteiger partial charge is 0.306 e. The third-order valence-electron chi connectivity index (χ3n) is 9.00. The summed E-state index contributed by atoms with van der Waals surface area (Å²) < 4.78 is 11.1. The Bertz CT molecular complexity index is 644. The maximum atomic E-state index is 12.2. The van der Waals surface area contributed by atoms with E-state index in [0.29, 0.717) is 19.6 Å². The second-order valence-corrected chi connectivity index (χ2v) is 13.7. The maximum absolute atomic E-state index is 12.2. The number of aliphatic hydroxyl groups is 1. The summed E-state index contributed by atoms with van der Waals surface area (Å²) in [5.74, 6) is -0.208. The van der Waals surface area contributed by atoms with E-state index >= 15 is 0 Å². The molecule has 1 unspecified atom stereocenters. The van der Waals surface area contributed by atoms with E-state index in [-0.39, 0.29) is 12.6 Å². The van der Waals surface area contributed by atoms with Crippen LogP contribution in [0.3, 0.4) is 0 Å². The molecule has 0 amide bonds. The summed E-state index contributed by atoms with van der Waals surface area (Å²) in [5.41, 5.74) is 0. The molecule has 0 aromatic rings. The number of carbonyl (C=O) groups is 1. The Morgan fingerprint density at radius 1 is 0.500 bits per heavy atom. The number of aliphatic hydroxyl groups excluding tert-OH is 1. The molecule has 272 valence electrons. The van der Waals surface area contributed by atoms with Crippen molar-refractivity contribution < 1.29 is 19.4 Å². The Kier molecular flexibility index (Phi) is 39.1. The summed E-state index contributed by atoms with van der Waals surface area (Å²) in [7, 11) is 0. The number of unbranched alkanes of at least 4 members (excludes halogenated alkanes) is 26. The van der Waals surface area contributed by atoms with E-state index in [4.69, 9.17) is 9.47 Å². The van der Waals surface area contributed by atoms with Gasteiger partial charge in [0, 0.05) is 13.0 Å². The highest BCUT2D eigenvalue weighted by Gasteiger charge is 2.13. The summed E-state index contributed by atoms with van der Waals surface area (Å²) in [6.07, 6.45) is 48.0. The largest absolute Gasteiger partial charge is 0.457 e. The van der Waals surface area contributed by atoms with Gasteiger partial charge in [-0.1, -0.05) is 167 Å². The average Bonchev–Trinajstić information content (AvgIpc) is 3.06. The molecule has 0 fully saturated rings. The highest BCUT2D eigenvalue weighted by Crippen LogP contribution is 2.13. The van der Waals surface area contributed by atoms with Crippen LogP contribution in [0.5, 0.6) is 0 Å². The Balaban J connectivity index is 3.43. The number of allylic oxidation sites excluding steroid dienone is 4. The van der Waals surface area contributed by atoms with Gasteiger partial charge in [0.25, 0.3) is 0 Å². The van der Waals surface area contributed by atoms with E-state index < -0.39 is 6.10 Å². The summed E-state index contributed by atoms with van der Waals surface area (Å²) in [5, 5.41) is 9.58. The quantitative estimate of drug-likeness (QED) is 0.0411. The van der Waals surface area contributed by atoms with Gasteiger partial charge in [0.1, 0.15) is 6.10 Å². The first-order chi connectivity index (χ1) is 22.7. The van der Waals surface area contributed by atoms with Crippen molar-refractivity contribution in [3.63, 3.8) is 0 Å². The zero-order chi connectivity index (χ0) is 33.4. The van der Waals surface area contributed by atoms with Gasteiger partial charge in [-0.3, -0.25) is 4.79 Å². The van der Waals surface area contributed by atoms with E-state index in [0.717, 1.165) is 19.3 Å². The minimum Gasteiger partial charge on any atom is -0.457 e. The molecule has 0 bridgehead atoms. The first kappa shape index (κ1) is 44.9. The first-order valence-electron chi connectivity index (χ1n) is 20.4. The lowest BCUT2D eigenvalue weighted by Crippen LogP contribution is -2.27. The van der Waals surface area contributed by atoms with Crippen LogP contribution in [0, 0.1) is 0 Å². The number of carbonyl (C=O) groups excluding carboxylic acids is 1. The Morgan fingerprint density at radius 3 is 1.24 bits per heavy atom. The standard InChI is InChI=1S/C42H80O4/c1-3-5-7-9-11-13-15-17-19-21-22-24-26-28-30-32-34-36-38-45-40-41(39-43)46-42(44)37-35-33-31-29-27-25-23-20-18-16-14-12-10-8-6-4-2/h17,19-20,23,41,43H,3-16,18,21-22,24-40H2,1-2H3/b19-17-,23-20-. The van der Waals surface area contributed by atoms with Crippen LogP contribution in [-0.4, -0.2) is 37.0 Å². The maximum Gasteiger partial charge on any atom is 0.306 e. The van der Waals surface area contributed by atoms with Crippen molar-refractivity contribution in [2.45, 2.75) is 219 Å². The summed E-state index contributed by atoms with van der Waals surface area (Å²) in [6.45, 7) is 5.34. The molecule has 0 aliphatic carbocycles. The van der Waals surface area contributed by atoms with Crippen molar-refractivity contribution in [1.82, 2.24) is 0 Å². The van der Waals surface area contributed by atoms with Crippen molar-refractivity contribution in [3.8, 4) is 0 Å². The molecule has 0 aliphatic rings. The van der Waals surface area contributed by atoms with Gasteiger partial charge < -0.3 is 14.6 Å². The fourth-order valence-corrected chi connectivity index (χ4v) is 5.91. The molecule has 1 N–H and O–H groups in total. The Morgan fingerprint density at radius 2 is 0.848 bits per heavy atom. The minimum atomic E-state index is -0.536. The van der Waals surface area contributed by atoms with E-state index in [2.05, 4.69) is 38.2 Å². The van der Waals surface area contributed by atoms with Crippen molar-refractivity contribution in [2.24, 2.45) is 0 Å². The van der Waals surface area contributed by atoms with Crippen LogP contribution < -0.4 is 0 Å². The first-order valence-corrected chi connectivity index (χ1v) is 20.4. The van der Waals surface area contributed by atoms with Gasteiger partial charge in [-0.25, -0.2) is 0 Å². The molecule has 46 heavy (non-hydrogen) atoms. The number of rotatable bonds is 38. The highest BCUT2D eigenvalue weighted by atomic mass is 16.6. The zero-order valence-corrected chi connectivity index (χ0v) is 31.1. The average molecular weight is 649 g/mol. The van der Waals surface area contributed by atoms with Crippen LogP contribution >= 0.6 is 0 Å². The topological polar surface area (TPSA) is 55.8 Å². The van der Waals surface area contributed by atoms with Crippen LogP contribution in [0.15, 0.2) is 24.3 Å². The van der Waals surface area contributed by atoms with Crippen molar-refractivity contribution in [1.29, 1.82) is 0 Å². The van der Waals surface area contributed by atoms with E-state index in [1.165, 1.54) is 173 Å². The van der Waals surface area contributed by atoms with Gasteiger partial charge in [-0.05, 0) is 64.2 Å². The van der Waals surface area contributed by atoms with Gasteiger partial charge in [0.05, 0.1) is 13.2 Å². The van der Waals surface area contributed by atoms with Crippen molar-refractivity contribution >= 4 is 5.97 Å². The molecule has 1 atom stereocenters. The van der Waals surface area contributed by atoms with E-state index in [1.54, 1.807) is 0 Å². The predicted octanol–water partition coefficient (Wildman–Crippen LogP) is 13.2. The van der Waals surface area contributed by atoms with Crippen LogP contribution in [0.2, 0.25) is 0 Å². The van der Waals surface area contributed by atoms with E-state index in [1.807, 2.05) is 0 Å². The minimum absolute atomic E-state index is 0.173. The van der Waals surface area contributed by atoms with Crippen molar-refractivity contribution in [2.75, 3.05) is 19.8 Å². The number of ether oxygens (including phenoxy) is 2. The van der Waals surface area contributed by atoms with Gasteiger partial charge in [-0.15, -0.1) is 0 Å². The summed E-state index contributed by atoms with van der Waals surface area (Å²) >= 11 is 0. The molecular formula is C42H80O4. The molecule has 0 rings (SSSR count). The molecule has 0 heterocycles. The Hall–Kier alpha value is -1.13. The summed E-state index contributed by atoms with van der Waals surface area (Å²) in [4.78, 5) is 12.2. The second-order valence-electron chi connectivity index (χ2n) is 13.7. The van der Waals surface area contributed by atoms with Gasteiger partial charge in [0.15, 0.2) is 0 Å². The molecular weight excluding hydrogens is 568 g/mol. The lowest BCUT2D eigenvalue weighted by atomic mass is 10.1. The highest BCUT2D eigenvalue weighted by molar-refractivity contribution is 5.69. The molecule has 0 aromatic carbocycles. The zero-order valence-electron chi connectivity index (χ0n) is 31.1. The van der Waals surface area contributed by atoms with Crippen LogP contribution in [0.1, 0.15) is 213 Å². The van der Waals surface area contributed by atoms with Crippen molar-refractivity contribution in [3.05, 3.63) is 24.3 Å². The molecule has 0 aromatic heterocycles. The lowest BCUT2D eigenvalue weighted by Gasteiger charge is -2.15. The van der Waals surface area contributed by atoms with Crippen LogP contribution in [-0.2, 0) is 14.3 Å². The normalized spacial score (nSPS) is 12.5. The molecule has 0 saturated carbocycles. The predicted molar refractivity (Wildman–Crippen MR) is 201 cm³/mol. The molecule has 0 aliphatic heterocycles. The molecule has 0 radical (unpaired) electrons. The lowest BCUT2D eigenvalue weighted by molar-refractivity contribution is -0.154. The van der Waals surface area contributed by atoms with Gasteiger partial charge >= 0.3 is 5.97 Å². The molecule has 4 heteroatoms. The SMILES string of the molecule is CCCCCCCC/C=C\CCCCCCCCCCOCC(CO)OC(=O)CCCCCCC/C=C\CCCCCCCCC. The third kappa shape index (κ3) is 37.3. The summed E-state index contributed by atoms with van der Waals surface area (Å²) in [6, 6.07) is 0. The fraction of sp³-hybridized carbons (Fsp3) is 0.881. The molecule has 0 spiro atoms. The van der Waals surface area contributed by atoms with Gasteiger partial charge in [-0.2, -0.15) is 0 Å². The number of hydrogen-bond donors (Lipinski definition) is 1. The van der Waals surface area contributed by atoms with E-state index in [9.17, 15) is 9.90 Å². The van der Waals surface area contributed by atoms with Gasteiger partial charge in [0.2, 0.25) is 0 Å². The third-order valence-corrected chi connectivity index (χ3v) is 9.00. The van der Waals surface area contributed by atoms with Crippen LogP contribution in [0.25, 0.3) is 0 Å². The fourth-order valence-electron chi connectivity index (χ4n) is 5.91. The monoisotopic (exact) mass is 649 g/mol. The Labute approximate surface area is 288 Å². The van der Waals surface area contributed by atoms with Crippen LogP contribution in [0.4, 0.5) is 0 Å². The molecule has 4 nitrogen and oxygen atoms in total. The number of hydrogen-bond acceptors (Lipinski definition) is 4.